The number of hydrogen-bond donors (Lipinski definition) is 1. The van der Waals surface area contributed by atoms with Crippen molar-refractivity contribution in [2.75, 3.05) is 13.7 Å². The highest BCUT2D eigenvalue weighted by molar-refractivity contribution is 5.85. The second-order valence-corrected chi connectivity index (χ2v) is 6.68. The van der Waals surface area contributed by atoms with E-state index < -0.39 is 0 Å². The van der Waals surface area contributed by atoms with Crippen molar-refractivity contribution < 1.29 is 9.47 Å². The maximum atomic E-state index is 5.96. The maximum Gasteiger partial charge on any atom is 0.161 e. The average molecular weight is 398 g/mol. The molecule has 3 rings (SSSR count). The summed E-state index contributed by atoms with van der Waals surface area (Å²) < 4.78 is 11.5. The quantitative estimate of drug-likeness (QED) is 0.494. The molecule has 0 aliphatic carbocycles. The molecule has 0 aliphatic heterocycles. The van der Waals surface area contributed by atoms with Gasteiger partial charge in [-0.05, 0) is 48.7 Å². The number of aryl methyl sites for hydroxylation is 1. The highest BCUT2D eigenvalue weighted by atomic mass is 35.5. The molecular formula is C24H28ClNO2. The van der Waals surface area contributed by atoms with Crippen molar-refractivity contribution >= 4 is 12.4 Å². The Morgan fingerprint density at radius 2 is 1.57 bits per heavy atom. The molecule has 28 heavy (non-hydrogen) atoms. The van der Waals surface area contributed by atoms with Gasteiger partial charge in [-0.3, -0.25) is 0 Å². The second-order valence-electron chi connectivity index (χ2n) is 6.68. The molecule has 0 aromatic heterocycles. The third-order valence-corrected chi connectivity index (χ3v) is 4.47. The van der Waals surface area contributed by atoms with E-state index in [2.05, 4.69) is 66.8 Å². The van der Waals surface area contributed by atoms with Crippen LogP contribution >= 0.6 is 12.4 Å². The van der Waals surface area contributed by atoms with Gasteiger partial charge >= 0.3 is 0 Å². The summed E-state index contributed by atoms with van der Waals surface area (Å²) in [7, 11) is 1.68. The summed E-state index contributed by atoms with van der Waals surface area (Å²) in [6.07, 6.45) is 1.02. The Bertz CT molecular complexity index is 852. The molecule has 0 unspecified atom stereocenters. The third-order valence-electron chi connectivity index (χ3n) is 4.47. The van der Waals surface area contributed by atoms with Gasteiger partial charge in [0.1, 0.15) is 6.61 Å². The molecule has 0 saturated carbocycles. The predicted octanol–water partition coefficient (Wildman–Crippen LogP) is 5.34. The fourth-order valence-electron chi connectivity index (χ4n) is 3.01. The predicted molar refractivity (Wildman–Crippen MR) is 118 cm³/mol. The van der Waals surface area contributed by atoms with Crippen molar-refractivity contribution in [3.63, 3.8) is 0 Å². The normalized spacial score (nSPS) is 10.2. The molecule has 0 aliphatic rings. The van der Waals surface area contributed by atoms with Crippen molar-refractivity contribution in [3.05, 3.63) is 95.1 Å². The first-order valence-electron chi connectivity index (χ1n) is 9.34. The lowest BCUT2D eigenvalue weighted by Crippen LogP contribution is -2.16. The van der Waals surface area contributed by atoms with Crippen LogP contribution in [-0.2, 0) is 19.6 Å². The van der Waals surface area contributed by atoms with E-state index in [1.807, 2.05) is 18.2 Å². The van der Waals surface area contributed by atoms with Crippen molar-refractivity contribution in [2.24, 2.45) is 0 Å². The van der Waals surface area contributed by atoms with Crippen LogP contribution in [0, 0.1) is 6.92 Å². The van der Waals surface area contributed by atoms with E-state index in [-0.39, 0.29) is 12.4 Å². The van der Waals surface area contributed by atoms with Gasteiger partial charge in [0.2, 0.25) is 0 Å². The van der Waals surface area contributed by atoms with Gasteiger partial charge in [0.05, 0.1) is 7.11 Å². The number of nitrogens with one attached hydrogen (secondary N) is 1. The lowest BCUT2D eigenvalue weighted by molar-refractivity contribution is 0.284. The van der Waals surface area contributed by atoms with Crippen molar-refractivity contribution in [3.8, 4) is 11.5 Å². The van der Waals surface area contributed by atoms with Gasteiger partial charge in [-0.15, -0.1) is 12.4 Å². The fourth-order valence-corrected chi connectivity index (χ4v) is 3.01. The van der Waals surface area contributed by atoms with E-state index >= 15 is 0 Å². The number of hydrogen-bond acceptors (Lipinski definition) is 3. The second kappa shape index (κ2) is 11.4. The lowest BCUT2D eigenvalue weighted by atomic mass is 10.1. The Morgan fingerprint density at radius 1 is 0.786 bits per heavy atom. The molecule has 3 aromatic carbocycles. The van der Waals surface area contributed by atoms with Crippen molar-refractivity contribution in [2.45, 2.75) is 26.5 Å². The van der Waals surface area contributed by atoms with Gasteiger partial charge in [-0.2, -0.15) is 0 Å². The van der Waals surface area contributed by atoms with Gasteiger partial charge < -0.3 is 14.8 Å². The maximum absolute atomic E-state index is 5.96. The Kier molecular flexibility index (Phi) is 8.86. The van der Waals surface area contributed by atoms with Crippen LogP contribution in [0.15, 0.2) is 72.8 Å². The summed E-state index contributed by atoms with van der Waals surface area (Å²) in [6, 6.07) is 25.0. The molecule has 1 N–H and O–H groups in total. The largest absolute Gasteiger partial charge is 0.493 e. The SMILES string of the molecule is COc1cc(CNCCc2ccccc2)ccc1OCc1cccc(C)c1.Cl. The van der Waals surface area contributed by atoms with E-state index in [4.69, 9.17) is 9.47 Å². The van der Waals surface area contributed by atoms with E-state index in [0.29, 0.717) is 6.61 Å². The van der Waals surface area contributed by atoms with Crippen molar-refractivity contribution in [1.82, 2.24) is 5.32 Å². The molecule has 148 valence electrons. The first-order chi connectivity index (χ1) is 13.2. The zero-order valence-corrected chi connectivity index (χ0v) is 17.3. The third kappa shape index (κ3) is 6.59. The van der Waals surface area contributed by atoms with Gasteiger partial charge in [0, 0.05) is 6.54 Å². The monoisotopic (exact) mass is 397 g/mol. The number of ether oxygens (including phenoxy) is 2. The summed E-state index contributed by atoms with van der Waals surface area (Å²) in [4.78, 5) is 0. The van der Waals surface area contributed by atoms with Gasteiger partial charge in [-0.1, -0.05) is 66.2 Å². The standard InChI is InChI=1S/C24H27NO2.ClH/c1-19-7-6-10-22(15-19)18-27-23-12-11-21(16-24(23)26-2)17-25-14-13-20-8-4-3-5-9-20;/h3-12,15-16,25H,13-14,17-18H2,1-2H3;1H. The van der Waals surface area contributed by atoms with Gasteiger partial charge in [0.25, 0.3) is 0 Å². The molecule has 0 fully saturated rings. The van der Waals surface area contributed by atoms with Gasteiger partial charge in [-0.25, -0.2) is 0 Å². The van der Waals surface area contributed by atoms with E-state index in [0.717, 1.165) is 36.6 Å². The smallest absolute Gasteiger partial charge is 0.161 e. The molecule has 0 amide bonds. The van der Waals surface area contributed by atoms with Crippen molar-refractivity contribution in [1.29, 1.82) is 0 Å². The Labute approximate surface area is 174 Å². The highest BCUT2D eigenvalue weighted by Gasteiger charge is 2.06. The lowest BCUT2D eigenvalue weighted by Gasteiger charge is -2.13. The molecule has 0 heterocycles. The number of benzene rings is 3. The topological polar surface area (TPSA) is 30.5 Å². The summed E-state index contributed by atoms with van der Waals surface area (Å²) in [5.74, 6) is 1.54. The van der Waals surface area contributed by atoms with Crippen LogP contribution in [0.25, 0.3) is 0 Å². The number of methoxy groups -OCH3 is 1. The van der Waals surface area contributed by atoms with E-state index in [1.165, 1.54) is 16.7 Å². The van der Waals surface area contributed by atoms with Crippen LogP contribution in [0.3, 0.4) is 0 Å². The summed E-state index contributed by atoms with van der Waals surface area (Å²) in [5, 5.41) is 3.49. The molecule has 0 spiro atoms. The first kappa shape index (κ1) is 21.8. The first-order valence-corrected chi connectivity index (χ1v) is 9.34. The molecular weight excluding hydrogens is 370 g/mol. The Hall–Kier alpha value is -2.49. The van der Waals surface area contributed by atoms with Gasteiger partial charge in [0.15, 0.2) is 11.5 Å². The van der Waals surface area contributed by atoms with Crippen LogP contribution in [0.5, 0.6) is 11.5 Å². The molecule has 0 saturated heterocycles. The van der Waals surface area contributed by atoms with E-state index in [9.17, 15) is 0 Å². The molecule has 0 bridgehead atoms. The zero-order valence-electron chi connectivity index (χ0n) is 16.5. The average Bonchev–Trinajstić information content (AvgIpc) is 2.71. The van der Waals surface area contributed by atoms with Crippen LogP contribution < -0.4 is 14.8 Å². The van der Waals surface area contributed by atoms with Crippen LogP contribution in [0.2, 0.25) is 0 Å². The number of rotatable bonds is 9. The molecule has 0 atom stereocenters. The summed E-state index contributed by atoms with van der Waals surface area (Å²) >= 11 is 0. The zero-order chi connectivity index (χ0) is 18.9. The molecule has 3 aromatic rings. The minimum Gasteiger partial charge on any atom is -0.493 e. The minimum atomic E-state index is 0. The fraction of sp³-hybridized carbons (Fsp3) is 0.250. The van der Waals surface area contributed by atoms with E-state index in [1.54, 1.807) is 7.11 Å². The molecule has 4 heteroatoms. The Morgan fingerprint density at radius 3 is 2.32 bits per heavy atom. The van der Waals surface area contributed by atoms with Crippen LogP contribution in [-0.4, -0.2) is 13.7 Å². The molecule has 3 nitrogen and oxygen atoms in total. The van der Waals surface area contributed by atoms with Crippen LogP contribution in [0.1, 0.15) is 22.3 Å². The number of halogens is 1. The highest BCUT2D eigenvalue weighted by Crippen LogP contribution is 2.29. The minimum absolute atomic E-state index is 0. The summed E-state index contributed by atoms with van der Waals surface area (Å²) in [6.45, 7) is 4.37. The molecule has 0 radical (unpaired) electrons. The summed E-state index contributed by atoms with van der Waals surface area (Å²) in [5.41, 5.74) is 4.92. The Balaban J connectivity index is 0.00000280. The van der Waals surface area contributed by atoms with Crippen LogP contribution in [0.4, 0.5) is 0 Å².